The van der Waals surface area contributed by atoms with E-state index in [-0.39, 0.29) is 12.6 Å². The Morgan fingerprint density at radius 2 is 1.85 bits per heavy atom. The van der Waals surface area contributed by atoms with Crippen molar-refractivity contribution in [3.63, 3.8) is 0 Å². The Hall–Kier alpha value is -2.77. The van der Waals surface area contributed by atoms with Crippen molar-refractivity contribution in [3.05, 3.63) is 35.9 Å². The maximum atomic E-state index is 11.8. The van der Waals surface area contributed by atoms with Crippen LogP contribution in [-0.4, -0.2) is 48.3 Å². The van der Waals surface area contributed by atoms with Gasteiger partial charge in [-0.05, 0) is 38.7 Å². The molecule has 0 unspecified atom stereocenters. The van der Waals surface area contributed by atoms with Gasteiger partial charge in [0.1, 0.15) is 12.2 Å². The summed E-state index contributed by atoms with van der Waals surface area (Å²) >= 11 is 0. The third-order valence-corrected chi connectivity index (χ3v) is 3.93. The van der Waals surface area contributed by atoms with Gasteiger partial charge in [0.05, 0.1) is 0 Å². The molecule has 1 aliphatic heterocycles. The van der Waals surface area contributed by atoms with Crippen LogP contribution in [0.1, 0.15) is 32.8 Å². The number of rotatable bonds is 5. The second-order valence-electron chi connectivity index (χ2n) is 7.52. The van der Waals surface area contributed by atoms with E-state index in [0.29, 0.717) is 25.6 Å². The highest BCUT2D eigenvalue weighted by molar-refractivity contribution is 5.92. The molecular formula is C19H28N4O4. The number of guanidine groups is 1. The van der Waals surface area contributed by atoms with Crippen LogP contribution in [0.4, 0.5) is 9.59 Å². The molecule has 1 aliphatic rings. The average Bonchev–Trinajstić information content (AvgIpc) is 2.54. The van der Waals surface area contributed by atoms with Crippen LogP contribution in [-0.2, 0) is 16.1 Å². The van der Waals surface area contributed by atoms with E-state index in [1.54, 1.807) is 4.90 Å². The Balaban J connectivity index is 1.56. The predicted molar refractivity (Wildman–Crippen MR) is 101 cm³/mol. The van der Waals surface area contributed by atoms with E-state index >= 15 is 0 Å². The summed E-state index contributed by atoms with van der Waals surface area (Å²) < 4.78 is 10.3. The minimum absolute atomic E-state index is 0.0319. The first-order valence-corrected chi connectivity index (χ1v) is 9.01. The molecule has 0 saturated carbocycles. The van der Waals surface area contributed by atoms with E-state index in [1.807, 2.05) is 51.1 Å². The minimum atomic E-state index is -0.640. The van der Waals surface area contributed by atoms with Gasteiger partial charge in [0.15, 0.2) is 0 Å². The monoisotopic (exact) mass is 376 g/mol. The zero-order valence-corrected chi connectivity index (χ0v) is 16.1. The molecule has 0 aromatic heterocycles. The summed E-state index contributed by atoms with van der Waals surface area (Å²) in [5.74, 6) is 0.395. The lowest BCUT2D eigenvalue weighted by atomic mass is 9.97. The van der Waals surface area contributed by atoms with E-state index in [2.05, 4.69) is 10.6 Å². The highest BCUT2D eigenvalue weighted by Gasteiger charge is 2.29. The van der Waals surface area contributed by atoms with Gasteiger partial charge in [-0.25, -0.2) is 9.59 Å². The molecule has 2 rings (SSSR count). The lowest BCUT2D eigenvalue weighted by Crippen LogP contribution is -2.55. The smallest absolute Gasteiger partial charge is 0.414 e. The summed E-state index contributed by atoms with van der Waals surface area (Å²) in [5, 5.41) is 13.1. The molecule has 27 heavy (non-hydrogen) atoms. The van der Waals surface area contributed by atoms with E-state index in [4.69, 9.17) is 14.9 Å². The fourth-order valence-corrected chi connectivity index (χ4v) is 2.56. The van der Waals surface area contributed by atoms with E-state index in [1.165, 1.54) is 0 Å². The van der Waals surface area contributed by atoms with Gasteiger partial charge < -0.3 is 19.7 Å². The highest BCUT2D eigenvalue weighted by Crippen LogP contribution is 2.18. The number of carbonyl (C=O) groups is 2. The summed E-state index contributed by atoms with van der Waals surface area (Å²) in [7, 11) is 0. The molecule has 1 saturated heterocycles. The average molecular weight is 376 g/mol. The first-order chi connectivity index (χ1) is 12.7. The molecule has 3 N–H and O–H groups in total. The van der Waals surface area contributed by atoms with Gasteiger partial charge >= 0.3 is 12.2 Å². The van der Waals surface area contributed by atoms with Crippen LogP contribution >= 0.6 is 0 Å². The number of nitrogens with one attached hydrogen (secondary N) is 3. The van der Waals surface area contributed by atoms with Crippen LogP contribution < -0.4 is 10.6 Å². The Morgan fingerprint density at radius 1 is 1.19 bits per heavy atom. The molecule has 1 heterocycles. The Kier molecular flexibility index (Phi) is 7.04. The first-order valence-electron chi connectivity index (χ1n) is 9.01. The van der Waals surface area contributed by atoms with E-state index < -0.39 is 17.8 Å². The summed E-state index contributed by atoms with van der Waals surface area (Å²) in [6, 6.07) is 9.36. The molecule has 8 heteroatoms. The van der Waals surface area contributed by atoms with Crippen LogP contribution in [0.15, 0.2) is 30.3 Å². The highest BCUT2D eigenvalue weighted by atomic mass is 16.6. The number of benzene rings is 1. The Labute approximate surface area is 159 Å². The topological polar surface area (TPSA) is 104 Å². The summed E-state index contributed by atoms with van der Waals surface area (Å²) in [6.45, 7) is 7.47. The van der Waals surface area contributed by atoms with Crippen molar-refractivity contribution in [2.45, 2.75) is 39.4 Å². The van der Waals surface area contributed by atoms with Gasteiger partial charge in [-0.1, -0.05) is 30.3 Å². The van der Waals surface area contributed by atoms with Gasteiger partial charge in [-0.3, -0.25) is 10.7 Å². The molecular weight excluding hydrogens is 348 g/mol. The maximum Gasteiger partial charge on any atom is 0.414 e. The largest absolute Gasteiger partial charge is 0.444 e. The van der Waals surface area contributed by atoms with E-state index in [9.17, 15) is 9.59 Å². The summed E-state index contributed by atoms with van der Waals surface area (Å²) in [4.78, 5) is 25.1. The van der Waals surface area contributed by atoms with E-state index in [0.717, 1.165) is 12.0 Å². The second kappa shape index (κ2) is 9.25. The van der Waals surface area contributed by atoms with Crippen molar-refractivity contribution < 1.29 is 19.1 Å². The lowest BCUT2D eigenvalue weighted by molar-refractivity contribution is 0.0518. The zero-order chi connectivity index (χ0) is 19.9. The second-order valence-corrected chi connectivity index (χ2v) is 7.52. The van der Waals surface area contributed by atoms with Crippen molar-refractivity contribution in [2.75, 3.05) is 19.6 Å². The molecule has 2 amide bonds. The molecule has 1 aromatic rings. The fraction of sp³-hybridized carbons (Fsp3) is 0.526. The number of ether oxygens (including phenoxy) is 2. The van der Waals surface area contributed by atoms with Gasteiger partial charge in [-0.2, -0.15) is 0 Å². The molecule has 0 radical (unpaired) electrons. The van der Waals surface area contributed by atoms with Crippen molar-refractivity contribution in [1.29, 1.82) is 5.41 Å². The summed E-state index contributed by atoms with van der Waals surface area (Å²) in [5.41, 5.74) is 0.383. The molecule has 148 valence electrons. The molecule has 0 bridgehead atoms. The number of hydrogen-bond acceptors (Lipinski definition) is 5. The molecule has 0 atom stereocenters. The van der Waals surface area contributed by atoms with Crippen molar-refractivity contribution in [1.82, 2.24) is 15.5 Å². The van der Waals surface area contributed by atoms with Gasteiger partial charge in [0.25, 0.3) is 0 Å². The fourth-order valence-electron chi connectivity index (χ4n) is 2.56. The standard InChI is InChI=1S/C19H28N4O4/c1-19(2,3)27-17(24)21-10-9-15-11-23(12-15)16(20)22-18(25)26-13-14-7-5-4-6-8-14/h4-8,15H,9-13H2,1-3H3,(H,21,24)(H2,20,22,25). The normalized spacial score (nSPS) is 14.1. The quantitative estimate of drug-likeness (QED) is 0.541. The molecule has 1 aromatic carbocycles. The zero-order valence-electron chi connectivity index (χ0n) is 16.1. The number of likely N-dealkylation sites (tertiary alicyclic amines) is 1. The van der Waals surface area contributed by atoms with Crippen LogP contribution in [0.5, 0.6) is 0 Å². The molecule has 0 spiro atoms. The minimum Gasteiger partial charge on any atom is -0.444 e. The van der Waals surface area contributed by atoms with Crippen molar-refractivity contribution in [3.8, 4) is 0 Å². The predicted octanol–water partition coefficient (Wildman–Crippen LogP) is 2.69. The van der Waals surface area contributed by atoms with Gasteiger partial charge in [-0.15, -0.1) is 0 Å². The number of hydrogen-bond donors (Lipinski definition) is 3. The number of nitrogens with zero attached hydrogens (tertiary/aromatic N) is 1. The third-order valence-electron chi connectivity index (χ3n) is 3.93. The van der Waals surface area contributed by atoms with Crippen LogP contribution in [0, 0.1) is 11.3 Å². The van der Waals surface area contributed by atoms with Crippen molar-refractivity contribution >= 4 is 18.1 Å². The molecule has 8 nitrogen and oxygen atoms in total. The Bertz CT molecular complexity index is 651. The molecule has 0 aliphatic carbocycles. The maximum absolute atomic E-state index is 11.8. The van der Waals surface area contributed by atoms with Crippen LogP contribution in [0.2, 0.25) is 0 Å². The SMILES string of the molecule is CC(C)(C)OC(=O)NCCC1CN(C(=N)NC(=O)OCc2ccccc2)C1. The van der Waals surface area contributed by atoms with Gasteiger partial charge in [0, 0.05) is 19.6 Å². The molecule has 1 fully saturated rings. The third kappa shape index (κ3) is 7.55. The van der Waals surface area contributed by atoms with Crippen LogP contribution in [0.3, 0.4) is 0 Å². The summed E-state index contributed by atoms with van der Waals surface area (Å²) in [6.07, 6.45) is -0.269. The number of amides is 2. The van der Waals surface area contributed by atoms with Crippen molar-refractivity contribution in [2.24, 2.45) is 5.92 Å². The lowest BCUT2D eigenvalue weighted by Gasteiger charge is -2.40. The number of alkyl carbamates (subject to hydrolysis) is 2. The number of carbonyl (C=O) groups excluding carboxylic acids is 2. The first kappa shape index (κ1) is 20.5. The van der Waals surface area contributed by atoms with Crippen LogP contribution in [0.25, 0.3) is 0 Å². The van der Waals surface area contributed by atoms with Gasteiger partial charge in [0.2, 0.25) is 5.96 Å². The Morgan fingerprint density at radius 3 is 2.48 bits per heavy atom.